The average Bonchev–Trinajstić information content (AvgIpc) is 2.27. The lowest BCUT2D eigenvalue weighted by atomic mass is 10.1. The van der Waals surface area contributed by atoms with E-state index in [4.69, 9.17) is 5.73 Å². The molecule has 96 valence electrons. The van der Waals surface area contributed by atoms with Crippen molar-refractivity contribution in [3.63, 3.8) is 0 Å². The van der Waals surface area contributed by atoms with Crippen molar-refractivity contribution >= 4 is 38.6 Å². The van der Waals surface area contributed by atoms with Crippen molar-refractivity contribution in [3.05, 3.63) is 24.3 Å². The fraction of sp³-hybridized carbons (Fsp3) is 0. The van der Waals surface area contributed by atoms with Gasteiger partial charge in [0.05, 0.1) is 0 Å². The predicted molar refractivity (Wildman–Crippen MR) is 64.4 cm³/mol. The molecule has 0 amide bonds. The first-order valence-electron chi connectivity index (χ1n) is 4.65. The molecule has 2 atom stereocenters. The van der Waals surface area contributed by atoms with E-state index in [1.807, 2.05) is 0 Å². The molecule has 8 heteroatoms. The Hall–Kier alpha value is -1.48. The molecule has 0 aliphatic heterocycles. The second kappa shape index (κ2) is 4.65. The number of rotatable bonds is 2. The van der Waals surface area contributed by atoms with Crippen LogP contribution in [0.1, 0.15) is 0 Å². The molecule has 18 heavy (non-hydrogen) atoms. The van der Waals surface area contributed by atoms with Crippen LogP contribution in [0.5, 0.6) is 5.75 Å². The Morgan fingerprint density at radius 2 is 1.50 bits per heavy atom. The van der Waals surface area contributed by atoms with Crippen molar-refractivity contribution in [2.75, 3.05) is 5.73 Å². The number of hydrogen-bond acceptors (Lipinski definition) is 6. The zero-order valence-electron chi connectivity index (χ0n) is 8.78. The van der Waals surface area contributed by atoms with E-state index in [0.29, 0.717) is 0 Å². The van der Waals surface area contributed by atoms with E-state index >= 15 is 0 Å². The zero-order chi connectivity index (χ0) is 13.4. The smallest absolute Gasteiger partial charge is 0.126 e. The van der Waals surface area contributed by atoms with Crippen LogP contribution in [0.25, 0.3) is 10.8 Å². The Labute approximate surface area is 107 Å². The highest BCUT2D eigenvalue weighted by atomic mass is 32.2. The fourth-order valence-corrected chi connectivity index (χ4v) is 2.54. The molecular formula is C10H7NO5S2-2. The summed E-state index contributed by atoms with van der Waals surface area (Å²) in [6.45, 7) is 0. The fourth-order valence-electron chi connectivity index (χ4n) is 1.66. The van der Waals surface area contributed by atoms with Crippen LogP contribution in [0.4, 0.5) is 5.69 Å². The van der Waals surface area contributed by atoms with Crippen LogP contribution in [0, 0.1) is 0 Å². The molecule has 2 rings (SSSR count). The largest absolute Gasteiger partial charge is 0.768 e. The quantitative estimate of drug-likeness (QED) is 0.614. The molecule has 0 saturated heterocycles. The third-order valence-electron chi connectivity index (χ3n) is 2.39. The highest BCUT2D eigenvalue weighted by molar-refractivity contribution is 7.79. The van der Waals surface area contributed by atoms with E-state index in [-0.39, 0.29) is 32.0 Å². The second-order valence-electron chi connectivity index (χ2n) is 3.52. The molecule has 0 saturated carbocycles. The molecule has 0 aromatic heterocycles. The van der Waals surface area contributed by atoms with E-state index in [0.717, 1.165) is 6.07 Å². The molecule has 3 N–H and O–H groups in total. The van der Waals surface area contributed by atoms with Crippen molar-refractivity contribution in [1.29, 1.82) is 0 Å². The number of nitrogens with two attached hydrogens (primary N) is 1. The van der Waals surface area contributed by atoms with E-state index in [1.165, 1.54) is 18.2 Å². The summed E-state index contributed by atoms with van der Waals surface area (Å²) in [7, 11) is 0. The number of phenols is 1. The average molecular weight is 285 g/mol. The van der Waals surface area contributed by atoms with Gasteiger partial charge >= 0.3 is 0 Å². The van der Waals surface area contributed by atoms with Crippen LogP contribution in [0.2, 0.25) is 0 Å². The van der Waals surface area contributed by atoms with Gasteiger partial charge < -0.3 is 19.9 Å². The summed E-state index contributed by atoms with van der Waals surface area (Å²) < 4.78 is 43.4. The van der Waals surface area contributed by atoms with Gasteiger partial charge in [-0.15, -0.1) is 0 Å². The molecule has 0 spiro atoms. The van der Waals surface area contributed by atoms with Gasteiger partial charge in [0, 0.05) is 20.9 Å². The number of nitrogen functional groups attached to an aromatic ring is 1. The predicted octanol–water partition coefficient (Wildman–Crippen LogP) is 0.604. The zero-order valence-corrected chi connectivity index (χ0v) is 10.4. The molecule has 0 radical (unpaired) electrons. The summed E-state index contributed by atoms with van der Waals surface area (Å²) in [5.41, 5.74) is 5.70. The Morgan fingerprint density at radius 3 is 2.00 bits per heavy atom. The molecule has 6 nitrogen and oxygen atoms in total. The molecule has 2 aromatic rings. The molecule has 0 aliphatic rings. The van der Waals surface area contributed by atoms with Crippen LogP contribution in [0.15, 0.2) is 34.1 Å². The van der Waals surface area contributed by atoms with Crippen LogP contribution in [-0.4, -0.2) is 22.6 Å². The van der Waals surface area contributed by atoms with Gasteiger partial charge in [-0.05, 0) is 51.8 Å². The van der Waals surface area contributed by atoms with Crippen LogP contribution in [-0.2, 0) is 22.2 Å². The molecule has 2 unspecified atom stereocenters. The SMILES string of the molecule is Nc1cc(S(=O)[O-])cc2cc(S(=O)[O-])cc(O)c12. The van der Waals surface area contributed by atoms with Crippen molar-refractivity contribution in [2.24, 2.45) is 0 Å². The lowest BCUT2D eigenvalue weighted by Crippen LogP contribution is -1.96. The number of phenolic OH excluding ortho intramolecular Hbond substituents is 1. The minimum absolute atomic E-state index is 0.0624. The van der Waals surface area contributed by atoms with Crippen molar-refractivity contribution in [1.82, 2.24) is 0 Å². The first kappa shape index (κ1) is 13.0. The number of hydrogen-bond donors (Lipinski definition) is 2. The summed E-state index contributed by atoms with van der Waals surface area (Å²) in [6, 6.07) is 4.73. The van der Waals surface area contributed by atoms with Gasteiger partial charge in [-0.2, -0.15) is 0 Å². The molecule has 0 aliphatic carbocycles. The van der Waals surface area contributed by atoms with Crippen LogP contribution >= 0.6 is 0 Å². The van der Waals surface area contributed by atoms with Gasteiger partial charge in [0.1, 0.15) is 5.75 Å². The van der Waals surface area contributed by atoms with Crippen LogP contribution in [0.3, 0.4) is 0 Å². The Kier molecular flexibility index (Phi) is 3.35. The van der Waals surface area contributed by atoms with E-state index < -0.39 is 22.2 Å². The number of fused-ring (bicyclic) bond motifs is 1. The first-order chi connectivity index (χ1) is 8.40. The van der Waals surface area contributed by atoms with Crippen LogP contribution < -0.4 is 5.73 Å². The maximum atomic E-state index is 10.9. The maximum Gasteiger partial charge on any atom is 0.126 e. The summed E-state index contributed by atoms with van der Waals surface area (Å²) in [6.07, 6.45) is 0. The topological polar surface area (TPSA) is 127 Å². The van der Waals surface area contributed by atoms with Gasteiger partial charge in [-0.3, -0.25) is 8.42 Å². The third kappa shape index (κ3) is 2.23. The summed E-state index contributed by atoms with van der Waals surface area (Å²) in [5.74, 6) is -0.313. The Morgan fingerprint density at radius 1 is 1.00 bits per heavy atom. The lowest BCUT2D eigenvalue weighted by molar-refractivity contribution is 0.479. The summed E-state index contributed by atoms with van der Waals surface area (Å²) in [4.78, 5) is -0.221. The Bertz CT molecular complexity index is 631. The number of anilines is 1. The standard InChI is InChI=1S/C10H9NO5S2/c11-8-3-6(17(13)14)1-5-2-7(18(15)16)4-9(12)10(5)8/h1-4,12H,11H2,(H,13,14)(H,15,16)/p-2. The third-order valence-corrected chi connectivity index (χ3v) is 3.63. The summed E-state index contributed by atoms with van der Waals surface area (Å²) >= 11 is -5.01. The molecule has 0 bridgehead atoms. The normalized spacial score (nSPS) is 14.6. The molecule has 0 fully saturated rings. The molecule has 0 heterocycles. The molecule has 2 aromatic carbocycles. The van der Waals surface area contributed by atoms with Gasteiger partial charge in [-0.25, -0.2) is 0 Å². The summed E-state index contributed by atoms with van der Waals surface area (Å²) in [5, 5.41) is 10.2. The van der Waals surface area contributed by atoms with Gasteiger partial charge in [0.2, 0.25) is 0 Å². The minimum Gasteiger partial charge on any atom is -0.768 e. The van der Waals surface area contributed by atoms with E-state index in [2.05, 4.69) is 0 Å². The lowest BCUT2D eigenvalue weighted by Gasteiger charge is -2.13. The number of benzene rings is 2. The van der Waals surface area contributed by atoms with E-state index in [9.17, 15) is 22.6 Å². The monoisotopic (exact) mass is 285 g/mol. The van der Waals surface area contributed by atoms with Gasteiger partial charge in [0.15, 0.2) is 0 Å². The van der Waals surface area contributed by atoms with Crippen molar-refractivity contribution < 1.29 is 22.6 Å². The minimum atomic E-state index is -2.52. The second-order valence-corrected chi connectivity index (χ2v) is 5.40. The van der Waals surface area contributed by atoms with Crippen molar-refractivity contribution in [2.45, 2.75) is 9.79 Å². The Balaban J connectivity index is 2.84. The molecular weight excluding hydrogens is 278 g/mol. The van der Waals surface area contributed by atoms with E-state index in [1.54, 1.807) is 0 Å². The van der Waals surface area contributed by atoms with Gasteiger partial charge in [0.25, 0.3) is 0 Å². The van der Waals surface area contributed by atoms with Crippen molar-refractivity contribution in [3.8, 4) is 5.75 Å². The van der Waals surface area contributed by atoms with Gasteiger partial charge in [-0.1, -0.05) is 0 Å². The highest BCUT2D eigenvalue weighted by Gasteiger charge is 2.09. The first-order valence-corrected chi connectivity index (χ1v) is 6.80. The number of aromatic hydroxyl groups is 1. The highest BCUT2D eigenvalue weighted by Crippen LogP contribution is 2.34. The maximum absolute atomic E-state index is 10.9.